The zero-order valence-corrected chi connectivity index (χ0v) is 21.0. The molecule has 1 N–H and O–H groups in total. The van der Waals surface area contributed by atoms with Crippen LogP contribution < -0.4 is 9.47 Å². The van der Waals surface area contributed by atoms with Crippen LogP contribution in [0.25, 0.3) is 0 Å². The van der Waals surface area contributed by atoms with Gasteiger partial charge in [-0.3, -0.25) is 9.69 Å². The molecule has 1 saturated heterocycles. The van der Waals surface area contributed by atoms with Crippen molar-refractivity contribution < 1.29 is 23.8 Å². The zero-order valence-electron chi connectivity index (χ0n) is 21.0. The fourth-order valence-electron chi connectivity index (χ4n) is 5.23. The van der Waals surface area contributed by atoms with Gasteiger partial charge in [0.15, 0.2) is 17.3 Å². The number of carbonyl (C=O) groups excluding carboxylic acids is 1. The molecule has 0 amide bonds. The molecule has 6 heteroatoms. The van der Waals surface area contributed by atoms with Crippen molar-refractivity contribution in [1.29, 1.82) is 0 Å². The Balaban J connectivity index is 1.63. The van der Waals surface area contributed by atoms with E-state index in [9.17, 15) is 14.3 Å². The van der Waals surface area contributed by atoms with E-state index in [1.807, 2.05) is 24.3 Å². The van der Waals surface area contributed by atoms with Crippen LogP contribution in [0.4, 0.5) is 4.39 Å². The average molecular weight is 492 g/mol. The lowest BCUT2D eigenvalue weighted by atomic mass is 9.76. The molecule has 36 heavy (non-hydrogen) atoms. The molecule has 3 aromatic carbocycles. The second kappa shape index (κ2) is 11.6. The highest BCUT2D eigenvalue weighted by atomic mass is 19.1. The lowest BCUT2D eigenvalue weighted by Gasteiger charge is -2.47. The second-order valence-electron chi connectivity index (χ2n) is 9.34. The Hall–Kier alpha value is -3.38. The Bertz CT molecular complexity index is 1110. The van der Waals surface area contributed by atoms with Gasteiger partial charge in [0.05, 0.1) is 19.3 Å². The number of Topliss-reactive ketones (excluding diaryl/α,β-unsaturated/α-hetero) is 1. The number of piperidine rings is 1. The Labute approximate surface area is 212 Å². The minimum absolute atomic E-state index is 0.0284. The number of benzene rings is 3. The Morgan fingerprint density at radius 1 is 0.944 bits per heavy atom. The fraction of sp³-hybridized carbons (Fsp3) is 0.367. The molecule has 1 aliphatic heterocycles. The van der Waals surface area contributed by atoms with Crippen LogP contribution in [-0.4, -0.2) is 42.6 Å². The van der Waals surface area contributed by atoms with Crippen molar-refractivity contribution >= 4 is 5.78 Å². The van der Waals surface area contributed by atoms with Gasteiger partial charge in [-0.05, 0) is 99.3 Å². The number of ether oxygens (including phenoxy) is 2. The molecule has 1 atom stereocenters. The number of rotatable bonds is 10. The Morgan fingerprint density at radius 3 is 2.19 bits per heavy atom. The summed E-state index contributed by atoms with van der Waals surface area (Å²) >= 11 is 0. The highest BCUT2D eigenvalue weighted by Crippen LogP contribution is 2.42. The normalized spacial score (nSPS) is 15.8. The van der Waals surface area contributed by atoms with E-state index in [2.05, 4.69) is 4.90 Å². The fourth-order valence-corrected chi connectivity index (χ4v) is 5.23. The van der Waals surface area contributed by atoms with Gasteiger partial charge in [0.1, 0.15) is 11.6 Å². The maximum absolute atomic E-state index is 13.9. The first-order chi connectivity index (χ1) is 17.4. The van der Waals surface area contributed by atoms with E-state index in [0.717, 1.165) is 49.9 Å². The largest absolute Gasteiger partial charge is 0.508 e. The molecular formula is C30H34FNO4. The molecular weight excluding hydrogens is 457 g/mol. The minimum atomic E-state index is -0.478. The third kappa shape index (κ3) is 5.54. The third-order valence-corrected chi connectivity index (χ3v) is 7.07. The lowest BCUT2D eigenvalue weighted by Crippen LogP contribution is -2.49. The lowest BCUT2D eigenvalue weighted by molar-refractivity contribution is 0.0822. The number of likely N-dealkylation sites (tertiary alicyclic amines) is 1. The van der Waals surface area contributed by atoms with Gasteiger partial charge in [0.2, 0.25) is 0 Å². The van der Waals surface area contributed by atoms with Crippen LogP contribution in [0.5, 0.6) is 17.2 Å². The Morgan fingerprint density at radius 2 is 1.58 bits per heavy atom. The number of nitrogens with zero attached hydrogens (tertiary/aromatic N) is 1. The summed E-state index contributed by atoms with van der Waals surface area (Å²) in [7, 11) is 1.56. The van der Waals surface area contributed by atoms with Crippen LogP contribution in [0.2, 0.25) is 0 Å². The number of phenolic OH excluding ortho intramolecular Hbond substituents is 1. The van der Waals surface area contributed by atoms with Crippen LogP contribution >= 0.6 is 0 Å². The topological polar surface area (TPSA) is 59.0 Å². The average Bonchev–Trinajstić information content (AvgIpc) is 2.90. The van der Waals surface area contributed by atoms with Crippen molar-refractivity contribution in [2.75, 3.05) is 26.8 Å². The Kier molecular flexibility index (Phi) is 8.26. The number of ketones is 1. The summed E-state index contributed by atoms with van der Waals surface area (Å²) in [5.41, 5.74) is 2.19. The van der Waals surface area contributed by atoms with Crippen LogP contribution in [0.1, 0.15) is 60.5 Å². The molecule has 1 fully saturated rings. The summed E-state index contributed by atoms with van der Waals surface area (Å²) in [5.74, 6) is 1.05. The highest BCUT2D eigenvalue weighted by Gasteiger charge is 2.40. The van der Waals surface area contributed by atoms with Crippen molar-refractivity contribution in [1.82, 2.24) is 4.90 Å². The number of methoxy groups -OCH3 is 1. The molecule has 4 rings (SSSR count). The summed E-state index contributed by atoms with van der Waals surface area (Å²) in [6.07, 6.45) is 4.89. The number of carbonyl (C=O) groups is 1. The second-order valence-corrected chi connectivity index (χ2v) is 9.34. The van der Waals surface area contributed by atoms with E-state index in [0.29, 0.717) is 23.7 Å². The first kappa shape index (κ1) is 25.7. The zero-order chi connectivity index (χ0) is 25.5. The first-order valence-corrected chi connectivity index (χ1v) is 12.6. The molecule has 5 nitrogen and oxygen atoms in total. The van der Waals surface area contributed by atoms with Gasteiger partial charge in [0, 0.05) is 5.56 Å². The van der Waals surface area contributed by atoms with Gasteiger partial charge >= 0.3 is 0 Å². The van der Waals surface area contributed by atoms with Gasteiger partial charge in [0.25, 0.3) is 0 Å². The molecule has 0 aliphatic carbocycles. The van der Waals surface area contributed by atoms with E-state index in [1.54, 1.807) is 37.4 Å². The maximum atomic E-state index is 13.9. The SMILES string of the molecule is COc1cc(C(C)=O)ccc1OCCCC(c1ccc(O)cc1)(c1ccc(F)cc1)N1CCCCC1. The maximum Gasteiger partial charge on any atom is 0.161 e. The summed E-state index contributed by atoms with van der Waals surface area (Å²) in [5, 5.41) is 9.97. The van der Waals surface area contributed by atoms with Crippen LogP contribution in [0.15, 0.2) is 66.7 Å². The van der Waals surface area contributed by atoms with E-state index in [-0.39, 0.29) is 17.3 Å². The molecule has 1 heterocycles. The van der Waals surface area contributed by atoms with E-state index < -0.39 is 5.54 Å². The number of halogens is 1. The summed E-state index contributed by atoms with van der Waals surface area (Å²) < 4.78 is 25.5. The van der Waals surface area contributed by atoms with Crippen molar-refractivity contribution in [3.63, 3.8) is 0 Å². The molecule has 190 valence electrons. The minimum Gasteiger partial charge on any atom is -0.508 e. The summed E-state index contributed by atoms with van der Waals surface area (Å²) in [6, 6.07) is 19.4. The van der Waals surface area contributed by atoms with Crippen molar-refractivity contribution in [3.05, 3.63) is 89.2 Å². The van der Waals surface area contributed by atoms with Crippen molar-refractivity contribution in [2.45, 2.75) is 44.6 Å². The number of hydrogen-bond acceptors (Lipinski definition) is 5. The van der Waals surface area contributed by atoms with E-state index in [1.165, 1.54) is 25.5 Å². The van der Waals surface area contributed by atoms with Gasteiger partial charge in [-0.15, -0.1) is 0 Å². The predicted octanol–water partition coefficient (Wildman–Crippen LogP) is 6.33. The molecule has 0 saturated carbocycles. The predicted molar refractivity (Wildman–Crippen MR) is 138 cm³/mol. The quantitative estimate of drug-likeness (QED) is 0.265. The summed E-state index contributed by atoms with van der Waals surface area (Å²) in [4.78, 5) is 14.2. The van der Waals surface area contributed by atoms with Crippen molar-refractivity contribution in [3.8, 4) is 17.2 Å². The van der Waals surface area contributed by atoms with Crippen LogP contribution in [0.3, 0.4) is 0 Å². The number of phenols is 1. The number of aromatic hydroxyl groups is 1. The molecule has 0 spiro atoms. The molecule has 0 aromatic heterocycles. The van der Waals surface area contributed by atoms with Gasteiger partial charge in [-0.25, -0.2) is 4.39 Å². The highest BCUT2D eigenvalue weighted by molar-refractivity contribution is 5.94. The van der Waals surface area contributed by atoms with E-state index >= 15 is 0 Å². The summed E-state index contributed by atoms with van der Waals surface area (Å²) in [6.45, 7) is 3.86. The standard InChI is InChI=1S/C30H34FNO4/c1-22(33)23-7-16-28(29(21-23)35-2)36-20-6-17-30(32-18-4-3-5-19-32,24-8-12-26(31)13-9-24)25-10-14-27(34)15-11-25/h7-16,21,34H,3-6,17-20H2,1-2H3. The molecule has 1 aliphatic rings. The van der Waals surface area contributed by atoms with Crippen LogP contribution in [-0.2, 0) is 5.54 Å². The third-order valence-electron chi connectivity index (χ3n) is 7.07. The molecule has 3 aromatic rings. The van der Waals surface area contributed by atoms with Gasteiger partial charge in [-0.1, -0.05) is 30.7 Å². The van der Waals surface area contributed by atoms with Gasteiger partial charge < -0.3 is 14.6 Å². The van der Waals surface area contributed by atoms with Gasteiger partial charge in [-0.2, -0.15) is 0 Å². The molecule has 0 bridgehead atoms. The monoisotopic (exact) mass is 491 g/mol. The van der Waals surface area contributed by atoms with Crippen LogP contribution in [0, 0.1) is 5.82 Å². The van der Waals surface area contributed by atoms with Crippen molar-refractivity contribution in [2.24, 2.45) is 0 Å². The van der Waals surface area contributed by atoms with E-state index in [4.69, 9.17) is 9.47 Å². The smallest absolute Gasteiger partial charge is 0.161 e. The molecule has 0 radical (unpaired) electrons. The number of hydrogen-bond donors (Lipinski definition) is 1. The first-order valence-electron chi connectivity index (χ1n) is 12.6. The molecule has 1 unspecified atom stereocenters.